The molecule has 1 heteroatoms. The van der Waals surface area contributed by atoms with Crippen LogP contribution in [0.1, 0.15) is 32.1 Å². The molecule has 0 heterocycles. The second-order valence-corrected chi connectivity index (χ2v) is 4.89. The highest BCUT2D eigenvalue weighted by Gasteiger charge is 2.53. The molecule has 3 aliphatic carbocycles. The van der Waals surface area contributed by atoms with Crippen molar-refractivity contribution in [2.45, 2.75) is 32.1 Å². The van der Waals surface area contributed by atoms with Crippen molar-refractivity contribution in [1.82, 2.24) is 0 Å². The molecule has 0 aromatic rings. The van der Waals surface area contributed by atoms with Gasteiger partial charge in [0.25, 0.3) is 0 Å². The minimum Gasteiger partial charge on any atom is -0.198 e. The molecule has 3 saturated carbocycles. The molecule has 0 aromatic heterocycles. The number of nitrogens with zero attached hydrogens (tertiary/aromatic N) is 1. The fourth-order valence-electron chi connectivity index (χ4n) is 4.22. The molecular weight excluding hydrogens is 146 g/mol. The molecule has 64 valence electrons. The Balaban J connectivity index is 1.89. The van der Waals surface area contributed by atoms with Gasteiger partial charge in [0.1, 0.15) is 0 Å². The number of fused-ring (bicyclic) bond motifs is 5. The van der Waals surface area contributed by atoms with Crippen LogP contribution in [-0.2, 0) is 0 Å². The lowest BCUT2D eigenvalue weighted by molar-refractivity contribution is 0.222. The van der Waals surface area contributed by atoms with Crippen molar-refractivity contribution in [2.75, 3.05) is 0 Å². The van der Waals surface area contributed by atoms with Crippen molar-refractivity contribution in [3.05, 3.63) is 0 Å². The van der Waals surface area contributed by atoms with Crippen molar-refractivity contribution in [2.24, 2.45) is 29.6 Å². The highest BCUT2D eigenvalue weighted by molar-refractivity contribution is 5.08. The summed E-state index contributed by atoms with van der Waals surface area (Å²) in [5, 5.41) is 8.96. The summed E-state index contributed by atoms with van der Waals surface area (Å²) in [5.41, 5.74) is 0. The molecule has 0 amide bonds. The summed E-state index contributed by atoms with van der Waals surface area (Å²) in [5.74, 6) is 4.21. The van der Waals surface area contributed by atoms with Gasteiger partial charge in [-0.15, -0.1) is 0 Å². The van der Waals surface area contributed by atoms with Gasteiger partial charge in [0.2, 0.25) is 0 Å². The van der Waals surface area contributed by atoms with Gasteiger partial charge in [-0.25, -0.2) is 0 Å². The van der Waals surface area contributed by atoms with Crippen LogP contribution in [0.15, 0.2) is 0 Å². The summed E-state index contributed by atoms with van der Waals surface area (Å²) in [7, 11) is 0. The van der Waals surface area contributed by atoms with E-state index in [1.54, 1.807) is 0 Å². The Morgan fingerprint density at radius 1 is 1.00 bits per heavy atom. The van der Waals surface area contributed by atoms with E-state index in [4.69, 9.17) is 5.26 Å². The normalized spacial score (nSPS) is 55.4. The van der Waals surface area contributed by atoms with Crippen molar-refractivity contribution >= 4 is 0 Å². The van der Waals surface area contributed by atoms with Gasteiger partial charge in [0, 0.05) is 5.92 Å². The smallest absolute Gasteiger partial charge is 0.0658 e. The molecule has 0 saturated heterocycles. The third-order valence-corrected chi connectivity index (χ3v) is 4.59. The Morgan fingerprint density at radius 2 is 1.83 bits per heavy atom. The molecule has 2 bridgehead atoms. The average Bonchev–Trinajstić information content (AvgIpc) is 2.75. The molecule has 0 aromatic carbocycles. The van der Waals surface area contributed by atoms with Crippen molar-refractivity contribution in [1.29, 1.82) is 5.26 Å². The summed E-state index contributed by atoms with van der Waals surface area (Å²) in [6, 6.07) is 2.51. The summed E-state index contributed by atoms with van der Waals surface area (Å²) in [6.45, 7) is 0. The minimum atomic E-state index is 0.439. The number of nitriles is 1. The van der Waals surface area contributed by atoms with Crippen LogP contribution in [0.3, 0.4) is 0 Å². The fourth-order valence-corrected chi connectivity index (χ4v) is 4.22. The molecule has 0 aliphatic heterocycles. The van der Waals surface area contributed by atoms with E-state index in [1.807, 2.05) is 0 Å². The largest absolute Gasteiger partial charge is 0.198 e. The first-order chi connectivity index (χ1) is 5.90. The van der Waals surface area contributed by atoms with Crippen LogP contribution in [0.25, 0.3) is 0 Å². The Bertz CT molecular complexity index is 240. The first-order valence-electron chi connectivity index (χ1n) is 5.30. The van der Waals surface area contributed by atoms with E-state index < -0.39 is 0 Å². The maximum absolute atomic E-state index is 8.96. The van der Waals surface area contributed by atoms with Gasteiger partial charge in [-0.3, -0.25) is 0 Å². The predicted octanol–water partition coefficient (Wildman–Crippen LogP) is 2.58. The molecule has 12 heavy (non-hydrogen) atoms. The molecule has 0 spiro atoms. The number of hydrogen-bond donors (Lipinski definition) is 0. The zero-order valence-electron chi connectivity index (χ0n) is 7.37. The Hall–Kier alpha value is -0.510. The third-order valence-electron chi connectivity index (χ3n) is 4.59. The van der Waals surface area contributed by atoms with Crippen LogP contribution in [0, 0.1) is 40.9 Å². The SMILES string of the molecule is N#CC1CC2CC1C1CCCC21. The molecule has 1 nitrogen and oxygen atoms in total. The quantitative estimate of drug-likeness (QED) is 0.535. The van der Waals surface area contributed by atoms with Crippen LogP contribution in [0.2, 0.25) is 0 Å². The summed E-state index contributed by atoms with van der Waals surface area (Å²) in [6.07, 6.45) is 6.99. The van der Waals surface area contributed by atoms with E-state index >= 15 is 0 Å². The topological polar surface area (TPSA) is 23.8 Å². The van der Waals surface area contributed by atoms with Crippen LogP contribution < -0.4 is 0 Å². The monoisotopic (exact) mass is 161 g/mol. The minimum absolute atomic E-state index is 0.439. The van der Waals surface area contributed by atoms with Crippen molar-refractivity contribution in [3.8, 4) is 6.07 Å². The van der Waals surface area contributed by atoms with Gasteiger partial charge >= 0.3 is 0 Å². The maximum Gasteiger partial charge on any atom is 0.0658 e. The molecule has 5 atom stereocenters. The van der Waals surface area contributed by atoms with Crippen LogP contribution in [-0.4, -0.2) is 0 Å². The third kappa shape index (κ3) is 0.690. The molecule has 0 radical (unpaired) electrons. The Morgan fingerprint density at radius 3 is 2.67 bits per heavy atom. The zero-order chi connectivity index (χ0) is 8.13. The van der Waals surface area contributed by atoms with Crippen LogP contribution in [0.5, 0.6) is 0 Å². The zero-order valence-corrected chi connectivity index (χ0v) is 7.37. The number of rotatable bonds is 0. The maximum atomic E-state index is 8.96. The Kier molecular flexibility index (Phi) is 1.30. The molecule has 5 unspecified atom stereocenters. The van der Waals surface area contributed by atoms with Crippen molar-refractivity contribution in [3.63, 3.8) is 0 Å². The summed E-state index contributed by atoms with van der Waals surface area (Å²) >= 11 is 0. The summed E-state index contributed by atoms with van der Waals surface area (Å²) < 4.78 is 0. The lowest BCUT2D eigenvalue weighted by Crippen LogP contribution is -2.23. The second-order valence-electron chi connectivity index (χ2n) is 4.89. The van der Waals surface area contributed by atoms with E-state index in [0.717, 1.165) is 23.7 Å². The van der Waals surface area contributed by atoms with E-state index in [9.17, 15) is 0 Å². The van der Waals surface area contributed by atoms with Gasteiger partial charge in [-0.2, -0.15) is 5.26 Å². The predicted molar refractivity (Wildman–Crippen MR) is 46.1 cm³/mol. The molecular formula is C11H15N. The van der Waals surface area contributed by atoms with Crippen molar-refractivity contribution < 1.29 is 0 Å². The first kappa shape index (κ1) is 6.95. The average molecular weight is 161 g/mol. The van der Waals surface area contributed by atoms with Gasteiger partial charge in [-0.1, -0.05) is 6.42 Å². The second kappa shape index (κ2) is 2.25. The molecule has 3 aliphatic rings. The van der Waals surface area contributed by atoms with E-state index in [0.29, 0.717) is 5.92 Å². The molecule has 3 fully saturated rings. The van der Waals surface area contributed by atoms with Gasteiger partial charge in [0.05, 0.1) is 6.07 Å². The fraction of sp³-hybridized carbons (Fsp3) is 0.909. The number of hydrogen-bond acceptors (Lipinski definition) is 1. The lowest BCUT2D eigenvalue weighted by Gasteiger charge is -2.27. The van der Waals surface area contributed by atoms with Crippen LogP contribution in [0.4, 0.5) is 0 Å². The Labute approximate surface area is 73.8 Å². The van der Waals surface area contributed by atoms with E-state index in [2.05, 4.69) is 6.07 Å². The van der Waals surface area contributed by atoms with Gasteiger partial charge < -0.3 is 0 Å². The lowest BCUT2D eigenvalue weighted by atomic mass is 9.76. The van der Waals surface area contributed by atoms with Gasteiger partial charge in [0.15, 0.2) is 0 Å². The standard InChI is InChI=1S/C11H15N/c12-6-8-4-7-5-11(8)10-3-1-2-9(7)10/h7-11H,1-5H2. The van der Waals surface area contributed by atoms with Crippen LogP contribution >= 0.6 is 0 Å². The molecule has 3 rings (SSSR count). The summed E-state index contributed by atoms with van der Waals surface area (Å²) in [4.78, 5) is 0. The van der Waals surface area contributed by atoms with Gasteiger partial charge in [-0.05, 0) is 49.4 Å². The highest BCUT2D eigenvalue weighted by Crippen LogP contribution is 2.60. The van der Waals surface area contributed by atoms with E-state index in [-0.39, 0.29) is 0 Å². The van der Waals surface area contributed by atoms with E-state index in [1.165, 1.54) is 32.1 Å². The highest BCUT2D eigenvalue weighted by atomic mass is 14.6. The molecule has 0 N–H and O–H groups in total. The first-order valence-corrected chi connectivity index (χ1v) is 5.30.